The molecule has 6 heteroatoms. The third kappa shape index (κ3) is 7.12. The van der Waals surface area contributed by atoms with Crippen LogP contribution in [-0.4, -0.2) is 38.0 Å². The van der Waals surface area contributed by atoms with Crippen LogP contribution in [0.25, 0.3) is 0 Å². The second-order valence-electron chi connectivity index (χ2n) is 4.50. The average Bonchev–Trinajstić information content (AvgIpc) is 2.83. The number of nitrogens with two attached hydrogens (primary N) is 1. The molecule has 3 N–H and O–H groups in total. The van der Waals surface area contributed by atoms with Gasteiger partial charge in [0, 0.05) is 11.4 Å². The minimum atomic E-state index is 0. The van der Waals surface area contributed by atoms with Gasteiger partial charge in [-0.3, -0.25) is 4.99 Å². The van der Waals surface area contributed by atoms with Gasteiger partial charge in [0.15, 0.2) is 5.96 Å². The van der Waals surface area contributed by atoms with Crippen LogP contribution >= 0.6 is 35.3 Å². The fourth-order valence-corrected chi connectivity index (χ4v) is 2.54. The minimum Gasteiger partial charge on any atom is -0.370 e. The van der Waals surface area contributed by atoms with E-state index >= 15 is 0 Å². The Kier molecular flexibility index (Phi) is 10.3. The van der Waals surface area contributed by atoms with Crippen molar-refractivity contribution in [1.29, 1.82) is 0 Å². The topological polar surface area (TPSA) is 53.6 Å². The second kappa shape index (κ2) is 10.4. The largest absolute Gasteiger partial charge is 0.370 e. The van der Waals surface area contributed by atoms with E-state index in [2.05, 4.69) is 53.7 Å². The number of nitrogens with zero attached hydrogens (tertiary/aromatic N) is 2. The Hall–Kier alpha value is -0.340. The van der Waals surface area contributed by atoms with Crippen molar-refractivity contribution in [3.05, 3.63) is 22.4 Å². The van der Waals surface area contributed by atoms with E-state index in [1.165, 1.54) is 4.88 Å². The maximum atomic E-state index is 5.84. The molecule has 0 saturated heterocycles. The lowest BCUT2D eigenvalue weighted by atomic mass is 10.2. The quantitative estimate of drug-likeness (QED) is 0.323. The number of hydrogen-bond acceptors (Lipinski definition) is 3. The summed E-state index contributed by atoms with van der Waals surface area (Å²) in [6.07, 6.45) is 2.29. The van der Waals surface area contributed by atoms with E-state index in [0.29, 0.717) is 18.5 Å². The van der Waals surface area contributed by atoms with Gasteiger partial charge in [-0.25, -0.2) is 0 Å². The van der Waals surface area contributed by atoms with Gasteiger partial charge in [-0.05, 0) is 32.0 Å². The van der Waals surface area contributed by atoms with Gasteiger partial charge in [0.2, 0.25) is 0 Å². The summed E-state index contributed by atoms with van der Waals surface area (Å²) in [4.78, 5) is 7.92. The number of likely N-dealkylation sites (N-methyl/N-ethyl adjacent to an activating group) is 1. The first-order valence-electron chi connectivity index (χ1n) is 6.38. The van der Waals surface area contributed by atoms with Crippen LogP contribution in [-0.2, 0) is 0 Å². The number of guanidine groups is 1. The maximum absolute atomic E-state index is 5.84. The molecule has 0 aliphatic rings. The van der Waals surface area contributed by atoms with Crippen LogP contribution in [0.5, 0.6) is 0 Å². The van der Waals surface area contributed by atoms with Crippen LogP contribution in [0.1, 0.15) is 30.7 Å². The molecule has 19 heavy (non-hydrogen) atoms. The van der Waals surface area contributed by atoms with Gasteiger partial charge in [0.25, 0.3) is 0 Å². The highest BCUT2D eigenvalue weighted by Gasteiger charge is 2.14. The lowest BCUT2D eigenvalue weighted by Gasteiger charge is -2.21. The van der Waals surface area contributed by atoms with Gasteiger partial charge in [0.05, 0.1) is 12.6 Å². The molecule has 0 spiro atoms. The second-order valence-corrected chi connectivity index (χ2v) is 5.48. The molecule has 1 rings (SSSR count). The van der Waals surface area contributed by atoms with Crippen LogP contribution in [0.2, 0.25) is 0 Å². The molecule has 1 aromatic heterocycles. The standard InChI is InChI=1S/C13H24N4S.HI/c1-4-5-8-15-13(14)16-10-11(17(2)3)12-7-6-9-18-12;/h6-7,9,11H,4-5,8,10H2,1-3H3,(H3,14,15,16);1H. The Morgan fingerprint density at radius 2 is 2.26 bits per heavy atom. The molecule has 1 aromatic rings. The lowest BCUT2D eigenvalue weighted by Crippen LogP contribution is -2.33. The molecular weight excluding hydrogens is 371 g/mol. The normalized spacial score (nSPS) is 13.2. The fourth-order valence-electron chi connectivity index (χ4n) is 1.62. The Morgan fingerprint density at radius 3 is 2.79 bits per heavy atom. The average molecular weight is 396 g/mol. The molecule has 0 radical (unpaired) electrons. The molecule has 0 amide bonds. The summed E-state index contributed by atoms with van der Waals surface area (Å²) in [6.45, 7) is 3.75. The fraction of sp³-hybridized carbons (Fsp3) is 0.615. The number of unbranched alkanes of at least 4 members (excludes halogenated alkanes) is 1. The molecule has 0 bridgehead atoms. The highest BCUT2D eigenvalue weighted by Crippen LogP contribution is 2.23. The van der Waals surface area contributed by atoms with Crippen molar-refractivity contribution in [3.63, 3.8) is 0 Å². The molecule has 110 valence electrons. The van der Waals surface area contributed by atoms with Gasteiger partial charge < -0.3 is 16.0 Å². The Morgan fingerprint density at radius 1 is 1.53 bits per heavy atom. The number of thiophene rings is 1. The van der Waals surface area contributed by atoms with Crippen molar-refractivity contribution in [2.45, 2.75) is 25.8 Å². The molecule has 1 unspecified atom stereocenters. The van der Waals surface area contributed by atoms with E-state index in [0.717, 1.165) is 19.4 Å². The molecule has 1 atom stereocenters. The summed E-state index contributed by atoms with van der Waals surface area (Å²) in [5.41, 5.74) is 5.84. The maximum Gasteiger partial charge on any atom is 0.188 e. The van der Waals surface area contributed by atoms with Crippen LogP contribution in [0.3, 0.4) is 0 Å². The Labute approximate surface area is 137 Å². The third-order valence-electron chi connectivity index (χ3n) is 2.77. The van der Waals surface area contributed by atoms with Crippen LogP contribution < -0.4 is 11.1 Å². The van der Waals surface area contributed by atoms with Crippen molar-refractivity contribution in [1.82, 2.24) is 10.2 Å². The molecule has 4 nitrogen and oxygen atoms in total. The third-order valence-corrected chi connectivity index (χ3v) is 3.74. The number of hydrogen-bond donors (Lipinski definition) is 2. The number of nitrogens with one attached hydrogen (secondary N) is 1. The molecule has 0 saturated carbocycles. The zero-order valence-electron chi connectivity index (χ0n) is 11.9. The van der Waals surface area contributed by atoms with Crippen LogP contribution in [0, 0.1) is 0 Å². The first-order valence-corrected chi connectivity index (χ1v) is 7.26. The van der Waals surface area contributed by atoms with Gasteiger partial charge in [-0.15, -0.1) is 35.3 Å². The summed E-state index contributed by atoms with van der Waals surface area (Å²) in [5, 5.41) is 5.23. The predicted octanol–water partition coefficient (Wildman–Crippen LogP) is 2.67. The smallest absolute Gasteiger partial charge is 0.188 e. The summed E-state index contributed by atoms with van der Waals surface area (Å²) < 4.78 is 0. The molecule has 0 aromatic carbocycles. The Balaban J connectivity index is 0.00000324. The van der Waals surface area contributed by atoms with Crippen molar-refractivity contribution < 1.29 is 0 Å². The number of rotatable bonds is 7. The molecule has 0 fully saturated rings. The summed E-state index contributed by atoms with van der Waals surface area (Å²) in [5.74, 6) is 0.548. The number of halogens is 1. The van der Waals surface area contributed by atoms with Crippen molar-refractivity contribution in [2.24, 2.45) is 10.7 Å². The summed E-state index contributed by atoms with van der Waals surface area (Å²) in [6, 6.07) is 4.52. The van der Waals surface area contributed by atoms with Crippen molar-refractivity contribution >= 4 is 41.3 Å². The zero-order chi connectivity index (χ0) is 13.4. The summed E-state index contributed by atoms with van der Waals surface area (Å²) >= 11 is 1.76. The van der Waals surface area contributed by atoms with E-state index in [4.69, 9.17) is 5.73 Å². The SMILES string of the molecule is CCCCNC(N)=NCC(c1cccs1)N(C)C.I. The molecule has 0 aliphatic carbocycles. The van der Waals surface area contributed by atoms with Gasteiger partial charge in [-0.1, -0.05) is 19.4 Å². The summed E-state index contributed by atoms with van der Waals surface area (Å²) in [7, 11) is 4.14. The first kappa shape index (κ1) is 18.7. The first-order chi connectivity index (χ1) is 8.65. The lowest BCUT2D eigenvalue weighted by molar-refractivity contribution is 0.310. The van der Waals surface area contributed by atoms with E-state index in [-0.39, 0.29) is 24.0 Å². The van der Waals surface area contributed by atoms with Gasteiger partial charge >= 0.3 is 0 Å². The number of aliphatic imine (C=N–C) groups is 1. The van der Waals surface area contributed by atoms with E-state index in [1.807, 2.05) is 0 Å². The van der Waals surface area contributed by atoms with E-state index in [1.54, 1.807) is 11.3 Å². The minimum absolute atomic E-state index is 0. The molecule has 1 heterocycles. The van der Waals surface area contributed by atoms with Crippen molar-refractivity contribution in [3.8, 4) is 0 Å². The van der Waals surface area contributed by atoms with Crippen molar-refractivity contribution in [2.75, 3.05) is 27.2 Å². The highest BCUT2D eigenvalue weighted by molar-refractivity contribution is 14.0. The molecule has 0 aliphatic heterocycles. The highest BCUT2D eigenvalue weighted by atomic mass is 127. The van der Waals surface area contributed by atoms with Crippen LogP contribution in [0.15, 0.2) is 22.5 Å². The zero-order valence-corrected chi connectivity index (χ0v) is 15.1. The Bertz CT molecular complexity index is 352. The van der Waals surface area contributed by atoms with Gasteiger partial charge in [0.1, 0.15) is 0 Å². The van der Waals surface area contributed by atoms with Crippen LogP contribution in [0.4, 0.5) is 0 Å². The van der Waals surface area contributed by atoms with E-state index < -0.39 is 0 Å². The predicted molar refractivity (Wildman–Crippen MR) is 95.6 cm³/mol. The van der Waals surface area contributed by atoms with Gasteiger partial charge in [-0.2, -0.15) is 0 Å². The van der Waals surface area contributed by atoms with E-state index in [9.17, 15) is 0 Å². The monoisotopic (exact) mass is 396 g/mol. The molecular formula is C13H25IN4S.